The lowest BCUT2D eigenvalue weighted by Crippen LogP contribution is -2.20. The summed E-state index contributed by atoms with van der Waals surface area (Å²) in [6, 6.07) is 32.1. The Morgan fingerprint density at radius 2 is 0.886 bits per heavy atom. The number of benzene rings is 5. The number of nitrogens with one attached hydrogen (secondary N) is 2. The van der Waals surface area contributed by atoms with Crippen LogP contribution in [0.25, 0.3) is 12.2 Å². The van der Waals surface area contributed by atoms with Crippen molar-refractivity contribution in [2.24, 2.45) is 0 Å². The zero-order valence-corrected chi connectivity index (χ0v) is 45.0. The molecule has 0 aromatic heterocycles. The van der Waals surface area contributed by atoms with Crippen molar-refractivity contribution in [3.63, 3.8) is 0 Å². The van der Waals surface area contributed by atoms with Crippen LogP contribution < -0.4 is 29.6 Å². The van der Waals surface area contributed by atoms with Crippen molar-refractivity contribution in [3.8, 4) is 23.0 Å². The monoisotopic (exact) mass is 945 g/mol. The summed E-state index contributed by atoms with van der Waals surface area (Å²) in [5.74, 6) is 3.60. The third-order valence-electron chi connectivity index (χ3n) is 12.8. The van der Waals surface area contributed by atoms with Gasteiger partial charge < -0.3 is 29.6 Å². The topological polar surface area (TPSA) is 78.1 Å². The van der Waals surface area contributed by atoms with E-state index in [0.29, 0.717) is 26.4 Å². The Bertz CT molecular complexity index is 2700. The second-order valence-corrected chi connectivity index (χ2v) is 23.9. The highest BCUT2D eigenvalue weighted by molar-refractivity contribution is 5.94. The summed E-state index contributed by atoms with van der Waals surface area (Å²) in [6.45, 7) is 38.7. The number of hydrogen-bond acceptors (Lipinski definition) is 6. The molecule has 1 amide bonds. The molecule has 5 aromatic carbocycles. The van der Waals surface area contributed by atoms with E-state index in [-0.39, 0.29) is 33.0 Å². The number of carbonyl (C=O) groups excluding carboxylic acids is 1. The van der Waals surface area contributed by atoms with Gasteiger partial charge in [0, 0.05) is 23.5 Å². The Morgan fingerprint density at radius 3 is 1.47 bits per heavy atom. The summed E-state index contributed by atoms with van der Waals surface area (Å²) in [5.41, 5.74) is 16.0. The molecule has 5 aliphatic rings. The zero-order chi connectivity index (χ0) is 51.2. The van der Waals surface area contributed by atoms with Crippen LogP contribution in [-0.4, -0.2) is 25.9 Å². The first-order chi connectivity index (χ1) is 32.6. The summed E-state index contributed by atoms with van der Waals surface area (Å²) < 4.78 is 21.6. The Morgan fingerprint density at radius 1 is 0.429 bits per heavy atom. The summed E-state index contributed by atoms with van der Waals surface area (Å²) >= 11 is 0. The molecule has 4 heterocycles. The number of ether oxygens (including phenoxy) is 4. The molecule has 0 saturated carbocycles. The van der Waals surface area contributed by atoms with Crippen molar-refractivity contribution in [1.29, 1.82) is 0 Å². The molecule has 0 spiro atoms. The molecule has 372 valence electrons. The minimum Gasteiger partial charge on any atom is -0.486 e. The molecule has 7 heteroatoms. The maximum absolute atomic E-state index is 11.3. The number of fused-ring (bicyclic) bond motifs is 5. The zero-order valence-electron chi connectivity index (χ0n) is 45.0. The average molecular weight is 945 g/mol. The van der Waals surface area contributed by atoms with Crippen molar-refractivity contribution >= 4 is 29.4 Å². The molecule has 0 atom stereocenters. The van der Waals surface area contributed by atoms with Gasteiger partial charge >= 0.3 is 0 Å². The van der Waals surface area contributed by atoms with Gasteiger partial charge in [0.05, 0.1) is 0 Å². The van der Waals surface area contributed by atoms with Gasteiger partial charge in [-0.2, -0.15) is 0 Å². The predicted molar refractivity (Wildman–Crippen MR) is 294 cm³/mol. The third kappa shape index (κ3) is 14.4. The van der Waals surface area contributed by atoms with Crippen molar-refractivity contribution in [1.82, 2.24) is 0 Å². The van der Waals surface area contributed by atoms with Crippen LogP contribution in [0.1, 0.15) is 160 Å². The van der Waals surface area contributed by atoms with Crippen LogP contribution in [0.15, 0.2) is 115 Å². The maximum Gasteiger partial charge on any atom is 0.231 e. The smallest absolute Gasteiger partial charge is 0.231 e. The van der Waals surface area contributed by atoms with Crippen LogP contribution in [0, 0.1) is 0 Å². The number of rotatable bonds is 0. The van der Waals surface area contributed by atoms with Gasteiger partial charge in [-0.15, -0.1) is 0 Å². The SMILES string of the molecule is C=C1C=Cc2ccc(C(C)(C)C)cc2N1.CC(C)(C)c1ccc2c(c1)CC=C2.CC(C)(C)c1ccc2c(c1)NC(=O)CC2.CC(C)(C)c1ccc2c(c1)OCCO2.CC(C)(C)c1ccc2c(c1)OCO2. The van der Waals surface area contributed by atoms with E-state index in [1.165, 1.54) is 50.1 Å². The fourth-order valence-corrected chi connectivity index (χ4v) is 8.12. The average Bonchev–Trinajstić information content (AvgIpc) is 3.97. The number of amides is 1. The summed E-state index contributed by atoms with van der Waals surface area (Å²) in [7, 11) is 0. The van der Waals surface area contributed by atoms with E-state index in [9.17, 15) is 4.79 Å². The van der Waals surface area contributed by atoms with Crippen LogP contribution in [0.5, 0.6) is 23.0 Å². The Labute approximate surface area is 420 Å². The van der Waals surface area contributed by atoms with Crippen LogP contribution in [0.4, 0.5) is 11.4 Å². The largest absolute Gasteiger partial charge is 0.486 e. The predicted octanol–water partition coefficient (Wildman–Crippen LogP) is 15.8. The van der Waals surface area contributed by atoms with Crippen molar-refractivity contribution in [2.75, 3.05) is 30.6 Å². The highest BCUT2D eigenvalue weighted by Crippen LogP contribution is 2.38. The molecule has 0 radical (unpaired) electrons. The minimum absolute atomic E-state index is 0.133. The van der Waals surface area contributed by atoms with Crippen LogP contribution in [0.2, 0.25) is 0 Å². The van der Waals surface area contributed by atoms with Crippen LogP contribution in [-0.2, 0) is 44.7 Å². The first kappa shape index (κ1) is 53.1. The molecule has 4 aliphatic heterocycles. The lowest BCUT2D eigenvalue weighted by atomic mass is 9.85. The van der Waals surface area contributed by atoms with E-state index in [1.54, 1.807) is 0 Å². The summed E-state index contributed by atoms with van der Waals surface area (Å²) in [6.07, 6.45) is 11.1. The molecule has 7 nitrogen and oxygen atoms in total. The van der Waals surface area contributed by atoms with Gasteiger partial charge in [0.1, 0.15) is 13.2 Å². The minimum atomic E-state index is 0.133. The van der Waals surface area contributed by atoms with Gasteiger partial charge in [0.15, 0.2) is 23.0 Å². The molecule has 5 aromatic rings. The lowest BCUT2D eigenvalue weighted by molar-refractivity contribution is -0.116. The molecule has 0 unspecified atom stereocenters. The molecular formula is C63H80N2O5. The van der Waals surface area contributed by atoms with Gasteiger partial charge in [0.25, 0.3) is 0 Å². The third-order valence-corrected chi connectivity index (χ3v) is 12.8. The molecule has 70 heavy (non-hydrogen) atoms. The van der Waals surface area contributed by atoms with Crippen LogP contribution >= 0.6 is 0 Å². The normalized spacial score (nSPS) is 15.1. The van der Waals surface area contributed by atoms with Gasteiger partial charge in [-0.25, -0.2) is 0 Å². The van der Waals surface area contributed by atoms with E-state index >= 15 is 0 Å². The second kappa shape index (κ2) is 21.4. The van der Waals surface area contributed by atoms with E-state index in [1.807, 2.05) is 18.2 Å². The van der Waals surface area contributed by atoms with Gasteiger partial charge in [-0.3, -0.25) is 4.79 Å². The quantitative estimate of drug-likeness (QED) is 0.161. The van der Waals surface area contributed by atoms with E-state index in [0.717, 1.165) is 52.9 Å². The summed E-state index contributed by atoms with van der Waals surface area (Å²) in [5, 5.41) is 6.22. The highest BCUT2D eigenvalue weighted by Gasteiger charge is 2.22. The Kier molecular flexibility index (Phi) is 16.3. The number of allylic oxidation sites excluding steroid dienone is 2. The molecule has 1 aliphatic carbocycles. The van der Waals surface area contributed by atoms with Gasteiger partial charge in [0.2, 0.25) is 12.7 Å². The number of hydrogen-bond donors (Lipinski definition) is 2. The Hall–Kier alpha value is -6.21. The molecule has 0 bridgehead atoms. The number of anilines is 2. The molecule has 10 rings (SSSR count). The molecule has 0 fully saturated rings. The fraction of sp³-hybridized carbons (Fsp3) is 0.413. The Balaban J connectivity index is 0.000000144. The van der Waals surface area contributed by atoms with Crippen molar-refractivity contribution < 1.29 is 23.7 Å². The van der Waals surface area contributed by atoms with E-state index < -0.39 is 0 Å². The van der Waals surface area contributed by atoms with E-state index in [4.69, 9.17) is 18.9 Å². The first-order valence-electron chi connectivity index (χ1n) is 25.0. The van der Waals surface area contributed by atoms with Gasteiger partial charge in [-0.1, -0.05) is 183 Å². The van der Waals surface area contributed by atoms with Crippen molar-refractivity contribution in [3.05, 3.63) is 165 Å². The lowest BCUT2D eigenvalue weighted by Gasteiger charge is -2.23. The maximum atomic E-state index is 11.3. The van der Waals surface area contributed by atoms with Gasteiger partial charge in [-0.05, 0) is 132 Å². The molecular weight excluding hydrogens is 865 g/mol. The number of carbonyl (C=O) groups is 1. The van der Waals surface area contributed by atoms with E-state index in [2.05, 4.69) is 218 Å². The second-order valence-electron chi connectivity index (χ2n) is 23.9. The van der Waals surface area contributed by atoms with Crippen LogP contribution in [0.3, 0.4) is 0 Å². The standard InChI is InChI=1S/C14H17N.C13H17NO.C13H16.C12H16O2.C11H14O2/c1-10-5-6-11-7-8-12(14(2,3)4)9-13(11)15-10;1-13(2,3)10-6-4-9-5-7-12(15)14-11(9)8-10;1-13(2,3)12-8-7-10-5-4-6-11(10)9-12;1-12(2,3)9-4-5-10-11(8-9)14-7-6-13-10;1-11(2,3)8-4-5-9-10(6-8)13-7-12-9/h5-9,15H,1H2,2-4H3;4,6,8H,5,7H2,1-3H3,(H,14,15);4-5,7-9H,6H2,1-3H3;4-5,8H,6-7H2,1-3H3;4-6H,7H2,1-3H3. The highest BCUT2D eigenvalue weighted by atomic mass is 16.7. The molecule has 2 N–H and O–H groups in total. The van der Waals surface area contributed by atoms with Crippen molar-refractivity contribution in [2.45, 2.75) is 150 Å². The molecule has 0 saturated heterocycles. The number of aryl methyl sites for hydroxylation is 1. The fourth-order valence-electron chi connectivity index (χ4n) is 8.12. The summed E-state index contributed by atoms with van der Waals surface area (Å²) in [4.78, 5) is 11.3. The first-order valence-corrected chi connectivity index (χ1v) is 25.0.